The van der Waals surface area contributed by atoms with Crippen LogP contribution in [0, 0.1) is 11.7 Å². The van der Waals surface area contributed by atoms with Crippen molar-refractivity contribution in [3.05, 3.63) is 71.2 Å². The van der Waals surface area contributed by atoms with Gasteiger partial charge in [-0.05, 0) is 29.8 Å². The van der Waals surface area contributed by atoms with Gasteiger partial charge in [0.1, 0.15) is 10.8 Å². The van der Waals surface area contributed by atoms with Crippen LogP contribution >= 0.6 is 11.3 Å². The molecule has 1 aromatic carbocycles. The van der Waals surface area contributed by atoms with Gasteiger partial charge >= 0.3 is 0 Å². The second-order valence-corrected chi connectivity index (χ2v) is 7.44. The highest BCUT2D eigenvalue weighted by Gasteiger charge is 2.33. The van der Waals surface area contributed by atoms with Gasteiger partial charge in [0.15, 0.2) is 0 Å². The summed E-state index contributed by atoms with van der Waals surface area (Å²) in [6.07, 6.45) is 4.15. The van der Waals surface area contributed by atoms with Gasteiger partial charge in [0.05, 0.1) is 17.7 Å². The summed E-state index contributed by atoms with van der Waals surface area (Å²) in [5.74, 6) is -0.667. The maximum Gasteiger partial charge on any atom is 0.226 e. The van der Waals surface area contributed by atoms with Crippen molar-refractivity contribution in [3.8, 4) is 10.6 Å². The van der Waals surface area contributed by atoms with Gasteiger partial charge in [0.2, 0.25) is 5.91 Å². The maximum atomic E-state index is 13.5. The molecule has 0 radical (unpaired) electrons. The molecular formula is C20H20FN5OS. The Labute approximate surface area is 166 Å². The molecule has 28 heavy (non-hydrogen) atoms. The van der Waals surface area contributed by atoms with Crippen LogP contribution in [-0.4, -0.2) is 29.0 Å². The molecule has 3 N–H and O–H groups in total. The fourth-order valence-electron chi connectivity index (χ4n) is 3.25. The summed E-state index contributed by atoms with van der Waals surface area (Å²) in [7, 11) is 0. The van der Waals surface area contributed by atoms with Gasteiger partial charge in [-0.25, -0.2) is 14.8 Å². The third-order valence-corrected chi connectivity index (χ3v) is 5.63. The highest BCUT2D eigenvalue weighted by molar-refractivity contribution is 7.13. The van der Waals surface area contributed by atoms with Crippen LogP contribution in [0.3, 0.4) is 0 Å². The number of hydrogen-bond acceptors (Lipinski definition) is 6. The van der Waals surface area contributed by atoms with Gasteiger partial charge < -0.3 is 5.32 Å². The predicted octanol–water partition coefficient (Wildman–Crippen LogP) is 2.47. The first-order valence-electron chi connectivity index (χ1n) is 9.07. The summed E-state index contributed by atoms with van der Waals surface area (Å²) >= 11 is 1.58. The predicted molar refractivity (Wildman–Crippen MR) is 106 cm³/mol. The molecule has 1 fully saturated rings. The molecule has 0 saturated carbocycles. The van der Waals surface area contributed by atoms with E-state index in [1.54, 1.807) is 29.8 Å². The Kier molecular flexibility index (Phi) is 5.70. The lowest BCUT2D eigenvalue weighted by atomic mass is 9.94. The molecule has 1 aliphatic heterocycles. The number of pyridine rings is 1. The number of carbonyl (C=O) groups is 1. The Morgan fingerprint density at radius 2 is 2.14 bits per heavy atom. The van der Waals surface area contributed by atoms with Gasteiger partial charge in [-0.15, -0.1) is 11.3 Å². The number of nitrogens with one attached hydrogen (secondary N) is 3. The van der Waals surface area contributed by atoms with E-state index in [2.05, 4.69) is 26.1 Å². The summed E-state index contributed by atoms with van der Waals surface area (Å²) in [6.45, 7) is 1.00. The normalized spacial score (nSPS) is 18.9. The highest BCUT2D eigenvalue weighted by Crippen LogP contribution is 2.26. The van der Waals surface area contributed by atoms with Crippen molar-refractivity contribution in [2.75, 3.05) is 13.1 Å². The summed E-state index contributed by atoms with van der Waals surface area (Å²) in [5.41, 5.74) is 8.81. The first-order chi connectivity index (χ1) is 13.7. The second kappa shape index (κ2) is 8.55. The first kappa shape index (κ1) is 18.7. The third-order valence-electron chi connectivity index (χ3n) is 4.69. The summed E-state index contributed by atoms with van der Waals surface area (Å²) in [6, 6.07) is 9.93. The van der Waals surface area contributed by atoms with E-state index < -0.39 is 0 Å². The minimum Gasteiger partial charge on any atom is -0.355 e. The Morgan fingerprint density at radius 1 is 1.29 bits per heavy atom. The molecule has 144 valence electrons. The maximum absolute atomic E-state index is 13.5. The average molecular weight is 397 g/mol. The molecule has 0 bridgehead atoms. The minimum atomic E-state index is -0.307. The van der Waals surface area contributed by atoms with Crippen molar-refractivity contribution < 1.29 is 9.18 Å². The number of benzene rings is 1. The number of nitrogens with zero attached hydrogens (tertiary/aromatic N) is 2. The molecule has 0 aliphatic carbocycles. The molecule has 4 rings (SSSR count). The van der Waals surface area contributed by atoms with Gasteiger partial charge in [-0.3, -0.25) is 15.2 Å². The molecule has 0 spiro atoms. The fraction of sp³-hybridized carbons (Fsp3) is 0.250. The second-order valence-electron chi connectivity index (χ2n) is 6.59. The van der Waals surface area contributed by atoms with Crippen LogP contribution in [0.1, 0.15) is 17.3 Å². The van der Waals surface area contributed by atoms with Crippen molar-refractivity contribution in [2.24, 2.45) is 5.92 Å². The molecule has 1 amide bonds. The lowest BCUT2D eigenvalue weighted by Crippen LogP contribution is -2.36. The highest BCUT2D eigenvalue weighted by atomic mass is 32.1. The van der Waals surface area contributed by atoms with Gasteiger partial charge in [-0.1, -0.05) is 12.1 Å². The van der Waals surface area contributed by atoms with E-state index in [0.29, 0.717) is 19.5 Å². The number of hydrogen-bond donors (Lipinski definition) is 3. The van der Waals surface area contributed by atoms with E-state index in [0.717, 1.165) is 21.8 Å². The van der Waals surface area contributed by atoms with E-state index in [-0.39, 0.29) is 23.7 Å². The fourth-order valence-corrected chi connectivity index (χ4v) is 4.11. The number of rotatable bonds is 6. The lowest BCUT2D eigenvalue weighted by molar-refractivity contribution is -0.124. The zero-order chi connectivity index (χ0) is 19.3. The third kappa shape index (κ3) is 4.24. The van der Waals surface area contributed by atoms with Crippen molar-refractivity contribution in [1.29, 1.82) is 0 Å². The Morgan fingerprint density at radius 3 is 2.96 bits per heavy atom. The van der Waals surface area contributed by atoms with Crippen LogP contribution in [0.15, 0.2) is 54.2 Å². The molecule has 2 unspecified atom stereocenters. The molecule has 1 saturated heterocycles. The van der Waals surface area contributed by atoms with E-state index in [1.807, 2.05) is 23.6 Å². The Bertz CT molecular complexity index is 949. The number of carbonyl (C=O) groups excluding carboxylic acids is 1. The van der Waals surface area contributed by atoms with Crippen LogP contribution in [-0.2, 0) is 11.2 Å². The molecular weight excluding hydrogens is 377 g/mol. The SMILES string of the molecule is O=C(NCCc1csc(-c2ccncc2)n1)C1CNNC1c1cccc(F)c1. The quantitative estimate of drug-likeness (QED) is 0.596. The Hall–Kier alpha value is -2.68. The van der Waals surface area contributed by atoms with Crippen LogP contribution in [0.2, 0.25) is 0 Å². The van der Waals surface area contributed by atoms with E-state index in [9.17, 15) is 9.18 Å². The topological polar surface area (TPSA) is 78.9 Å². The van der Waals surface area contributed by atoms with Crippen LogP contribution < -0.4 is 16.2 Å². The lowest BCUT2D eigenvalue weighted by Gasteiger charge is -2.18. The van der Waals surface area contributed by atoms with Gasteiger partial charge in [0, 0.05) is 42.8 Å². The number of aromatic nitrogens is 2. The monoisotopic (exact) mass is 397 g/mol. The first-order valence-corrected chi connectivity index (χ1v) is 9.95. The van der Waals surface area contributed by atoms with Gasteiger partial charge in [-0.2, -0.15) is 0 Å². The summed E-state index contributed by atoms with van der Waals surface area (Å²) < 4.78 is 13.5. The number of amides is 1. The Balaban J connectivity index is 1.33. The molecule has 3 aromatic rings. The molecule has 3 heterocycles. The average Bonchev–Trinajstić information content (AvgIpc) is 3.38. The molecule has 6 nitrogen and oxygen atoms in total. The standard InChI is InChI=1S/C20H20FN5OS/c21-15-3-1-2-14(10-15)18-17(11-24-26-18)19(27)23-9-6-16-12-28-20(25-16)13-4-7-22-8-5-13/h1-5,7-8,10,12,17-18,24,26H,6,9,11H2,(H,23,27). The molecule has 8 heteroatoms. The smallest absolute Gasteiger partial charge is 0.226 e. The zero-order valence-electron chi connectivity index (χ0n) is 15.1. The number of thiazole rings is 1. The molecule has 1 aliphatic rings. The van der Waals surface area contributed by atoms with Crippen LogP contribution in [0.5, 0.6) is 0 Å². The minimum absolute atomic E-state index is 0.0589. The van der Waals surface area contributed by atoms with Crippen LogP contribution in [0.4, 0.5) is 4.39 Å². The van der Waals surface area contributed by atoms with Crippen molar-refractivity contribution >= 4 is 17.2 Å². The summed E-state index contributed by atoms with van der Waals surface area (Å²) in [5, 5.41) is 5.93. The number of halogens is 1. The van der Waals surface area contributed by atoms with Crippen molar-refractivity contribution in [2.45, 2.75) is 12.5 Å². The van der Waals surface area contributed by atoms with E-state index >= 15 is 0 Å². The molecule has 2 atom stereocenters. The van der Waals surface area contributed by atoms with Crippen molar-refractivity contribution in [3.63, 3.8) is 0 Å². The molecule has 2 aromatic heterocycles. The summed E-state index contributed by atoms with van der Waals surface area (Å²) in [4.78, 5) is 21.3. The van der Waals surface area contributed by atoms with E-state index in [1.165, 1.54) is 12.1 Å². The van der Waals surface area contributed by atoms with Crippen molar-refractivity contribution in [1.82, 2.24) is 26.1 Å². The largest absolute Gasteiger partial charge is 0.355 e. The van der Waals surface area contributed by atoms with Gasteiger partial charge in [0.25, 0.3) is 0 Å². The van der Waals surface area contributed by atoms with Crippen LogP contribution in [0.25, 0.3) is 10.6 Å². The zero-order valence-corrected chi connectivity index (χ0v) is 15.9. The number of hydrazine groups is 1. The van der Waals surface area contributed by atoms with E-state index in [4.69, 9.17) is 0 Å².